The number of aromatic nitrogens is 1. The van der Waals surface area contributed by atoms with E-state index in [0.29, 0.717) is 5.56 Å². The number of carbonyl (C=O) groups is 1. The van der Waals surface area contributed by atoms with Crippen molar-refractivity contribution in [1.82, 2.24) is 4.98 Å². The minimum absolute atomic E-state index is 0.450. The highest BCUT2D eigenvalue weighted by Crippen LogP contribution is 2.30. The summed E-state index contributed by atoms with van der Waals surface area (Å²) < 4.78 is 0. The average molecular weight is 287 g/mol. The Hall–Kier alpha value is -2.94. The number of rotatable bonds is 3. The van der Waals surface area contributed by atoms with Gasteiger partial charge in [-0.1, -0.05) is 30.3 Å². The molecule has 3 aromatic rings. The fourth-order valence-corrected chi connectivity index (χ4v) is 2.47. The van der Waals surface area contributed by atoms with Crippen molar-refractivity contribution in [3.8, 4) is 22.4 Å². The summed E-state index contributed by atoms with van der Waals surface area (Å²) in [6.07, 6.45) is 1.77. The molecule has 1 heterocycles. The molecule has 2 N–H and O–H groups in total. The molecule has 0 bridgehead atoms. The van der Waals surface area contributed by atoms with E-state index in [1.807, 2.05) is 49.4 Å². The molecule has 0 aliphatic carbocycles. The average Bonchev–Trinajstić information content (AvgIpc) is 2.56. The molecule has 3 heteroatoms. The summed E-state index contributed by atoms with van der Waals surface area (Å²) in [6.45, 7) is 2.01. The van der Waals surface area contributed by atoms with Crippen molar-refractivity contribution in [2.75, 3.05) is 0 Å². The molecule has 0 saturated heterocycles. The zero-order chi connectivity index (χ0) is 15.5. The number of pyridine rings is 1. The van der Waals surface area contributed by atoms with Crippen molar-refractivity contribution in [3.63, 3.8) is 0 Å². The lowest BCUT2D eigenvalue weighted by Crippen LogP contribution is -2.12. The molecule has 0 spiro atoms. The van der Waals surface area contributed by atoms with Gasteiger partial charge in [0.1, 0.15) is 0 Å². The molecule has 1 aromatic heterocycles. The third kappa shape index (κ3) is 2.61. The zero-order valence-electron chi connectivity index (χ0n) is 12.2. The Morgan fingerprint density at radius 3 is 2.73 bits per heavy atom. The van der Waals surface area contributed by atoms with E-state index in [9.17, 15) is 4.79 Å². The van der Waals surface area contributed by atoms with Crippen LogP contribution in [0.1, 0.15) is 15.9 Å². The van der Waals surface area contributed by atoms with Gasteiger partial charge in [0.25, 0.3) is 0 Å². The van der Waals surface area contributed by atoms with Crippen LogP contribution in [-0.4, -0.2) is 10.9 Å². The maximum Gasteiger partial charge on any atom is 0.249 e. The van der Waals surface area contributed by atoms with E-state index in [4.69, 9.17) is 5.73 Å². The smallest absolute Gasteiger partial charge is 0.249 e. The van der Waals surface area contributed by atoms with Crippen LogP contribution in [0.2, 0.25) is 0 Å². The summed E-state index contributed by atoms with van der Waals surface area (Å²) in [5, 5.41) is 0. The predicted molar refractivity (Wildman–Crippen MR) is 87.2 cm³/mol. The summed E-state index contributed by atoms with van der Waals surface area (Å²) in [5.74, 6) is -0.450. The van der Waals surface area contributed by atoms with E-state index >= 15 is 0 Å². The highest BCUT2D eigenvalue weighted by atomic mass is 16.1. The number of hydrogen-bond donors (Lipinski definition) is 1. The minimum atomic E-state index is -0.450. The second-order valence-corrected chi connectivity index (χ2v) is 5.08. The van der Waals surface area contributed by atoms with Crippen LogP contribution < -0.4 is 5.73 Å². The summed E-state index contributed by atoms with van der Waals surface area (Å²) in [6, 6.07) is 20.1. The molecule has 1 radical (unpaired) electrons. The van der Waals surface area contributed by atoms with E-state index in [1.54, 1.807) is 18.3 Å². The molecule has 0 saturated carbocycles. The van der Waals surface area contributed by atoms with Crippen LogP contribution in [0.4, 0.5) is 0 Å². The number of primary amides is 1. The molecule has 0 fully saturated rings. The number of hydrogen-bond acceptors (Lipinski definition) is 2. The van der Waals surface area contributed by atoms with Crippen molar-refractivity contribution in [3.05, 3.63) is 78.0 Å². The van der Waals surface area contributed by atoms with Gasteiger partial charge in [0.05, 0.1) is 5.69 Å². The Kier molecular flexibility index (Phi) is 3.71. The van der Waals surface area contributed by atoms with E-state index < -0.39 is 5.91 Å². The third-order valence-corrected chi connectivity index (χ3v) is 3.62. The number of nitrogens with two attached hydrogens (primary N) is 1. The first-order valence-corrected chi connectivity index (χ1v) is 6.99. The molecule has 0 atom stereocenters. The second kappa shape index (κ2) is 5.82. The highest BCUT2D eigenvalue weighted by molar-refractivity contribution is 6.00. The normalized spacial score (nSPS) is 10.4. The van der Waals surface area contributed by atoms with Crippen molar-refractivity contribution in [2.24, 2.45) is 5.73 Å². The standard InChI is InChI=1S/C19H15N2O/c1-13-9-10-14(18-8-4-5-11-21-18)12-17(13)15-6-2-3-7-16(15)19(20)22/h2,4-12H,1H3,(H2,20,22). The van der Waals surface area contributed by atoms with Gasteiger partial charge in [-0.15, -0.1) is 0 Å². The maximum absolute atomic E-state index is 11.7. The summed E-state index contributed by atoms with van der Waals surface area (Å²) >= 11 is 0. The van der Waals surface area contributed by atoms with Crippen LogP contribution in [0, 0.1) is 13.0 Å². The Bertz CT molecular complexity index is 826. The van der Waals surface area contributed by atoms with E-state index in [2.05, 4.69) is 11.1 Å². The zero-order valence-corrected chi connectivity index (χ0v) is 12.2. The molecule has 3 rings (SSSR count). The topological polar surface area (TPSA) is 56.0 Å². The molecule has 1 amide bonds. The lowest BCUT2D eigenvalue weighted by atomic mass is 9.93. The summed E-state index contributed by atoms with van der Waals surface area (Å²) in [7, 11) is 0. The monoisotopic (exact) mass is 287 g/mol. The van der Waals surface area contributed by atoms with Crippen LogP contribution in [0.25, 0.3) is 22.4 Å². The van der Waals surface area contributed by atoms with Crippen molar-refractivity contribution in [2.45, 2.75) is 6.92 Å². The van der Waals surface area contributed by atoms with Gasteiger partial charge in [-0.25, -0.2) is 0 Å². The molecular weight excluding hydrogens is 272 g/mol. The Labute approximate surface area is 129 Å². The van der Waals surface area contributed by atoms with Gasteiger partial charge in [-0.2, -0.15) is 0 Å². The van der Waals surface area contributed by atoms with Gasteiger partial charge in [-0.05, 0) is 53.9 Å². The van der Waals surface area contributed by atoms with Gasteiger partial charge in [-0.3, -0.25) is 9.78 Å². The largest absolute Gasteiger partial charge is 0.366 e. The fraction of sp³-hybridized carbons (Fsp3) is 0.0526. The van der Waals surface area contributed by atoms with Gasteiger partial charge < -0.3 is 5.73 Å². The third-order valence-electron chi connectivity index (χ3n) is 3.62. The first-order chi connectivity index (χ1) is 10.7. The van der Waals surface area contributed by atoms with Gasteiger partial charge in [0.2, 0.25) is 5.91 Å². The molecule has 0 aliphatic rings. The maximum atomic E-state index is 11.7. The summed E-state index contributed by atoms with van der Waals surface area (Å²) in [5.41, 5.74) is 10.7. The fourth-order valence-electron chi connectivity index (χ4n) is 2.47. The van der Waals surface area contributed by atoms with Crippen LogP contribution in [0.3, 0.4) is 0 Å². The summed E-state index contributed by atoms with van der Waals surface area (Å²) in [4.78, 5) is 16.0. The van der Waals surface area contributed by atoms with Crippen molar-refractivity contribution < 1.29 is 4.79 Å². The Morgan fingerprint density at radius 1 is 1.14 bits per heavy atom. The quantitative estimate of drug-likeness (QED) is 0.799. The van der Waals surface area contributed by atoms with Gasteiger partial charge in [0, 0.05) is 17.3 Å². The van der Waals surface area contributed by atoms with E-state index in [-0.39, 0.29) is 0 Å². The SMILES string of the molecule is Cc1ccc(-c2ccccn2)cc1-c1cc[c]cc1C(N)=O. The number of aryl methyl sites for hydroxylation is 1. The molecular formula is C19H15N2O. The predicted octanol–water partition coefficient (Wildman–Crippen LogP) is 3.62. The van der Waals surface area contributed by atoms with Gasteiger partial charge in [0.15, 0.2) is 0 Å². The Morgan fingerprint density at radius 2 is 2.00 bits per heavy atom. The molecule has 107 valence electrons. The lowest BCUT2D eigenvalue weighted by molar-refractivity contribution is 0.100. The molecule has 3 nitrogen and oxygen atoms in total. The molecule has 0 unspecified atom stereocenters. The van der Waals surface area contributed by atoms with Crippen LogP contribution in [-0.2, 0) is 0 Å². The van der Waals surface area contributed by atoms with E-state index in [1.165, 1.54) is 0 Å². The van der Waals surface area contributed by atoms with Crippen molar-refractivity contribution in [1.29, 1.82) is 0 Å². The molecule has 2 aromatic carbocycles. The number of carbonyl (C=O) groups excluding carboxylic acids is 1. The van der Waals surface area contributed by atoms with Crippen LogP contribution >= 0.6 is 0 Å². The van der Waals surface area contributed by atoms with E-state index in [0.717, 1.165) is 27.9 Å². The number of nitrogens with zero attached hydrogens (tertiary/aromatic N) is 1. The number of benzene rings is 2. The lowest BCUT2D eigenvalue weighted by Gasteiger charge is -2.12. The molecule has 22 heavy (non-hydrogen) atoms. The number of amides is 1. The second-order valence-electron chi connectivity index (χ2n) is 5.08. The van der Waals surface area contributed by atoms with Crippen LogP contribution in [0.5, 0.6) is 0 Å². The van der Waals surface area contributed by atoms with Crippen molar-refractivity contribution >= 4 is 5.91 Å². The van der Waals surface area contributed by atoms with Gasteiger partial charge >= 0.3 is 0 Å². The highest BCUT2D eigenvalue weighted by Gasteiger charge is 2.12. The minimum Gasteiger partial charge on any atom is -0.366 e. The first kappa shape index (κ1) is 14.0. The first-order valence-electron chi connectivity index (χ1n) is 6.99. The Balaban J connectivity index is 2.18. The molecule has 0 aliphatic heterocycles. The van der Waals surface area contributed by atoms with Crippen LogP contribution in [0.15, 0.2) is 60.8 Å².